The van der Waals surface area contributed by atoms with Crippen LogP contribution < -0.4 is 0 Å². The van der Waals surface area contributed by atoms with Crippen molar-refractivity contribution in [2.45, 2.75) is 79.1 Å². The Bertz CT molecular complexity index is 196. The van der Waals surface area contributed by atoms with Gasteiger partial charge in [-0.3, -0.25) is 0 Å². The van der Waals surface area contributed by atoms with E-state index in [0.29, 0.717) is 26.4 Å². The van der Waals surface area contributed by atoms with Gasteiger partial charge in [-0.2, -0.15) is 0 Å². The predicted molar refractivity (Wildman–Crippen MR) is 128 cm³/mol. The van der Waals surface area contributed by atoms with E-state index in [-0.39, 0.29) is 13.2 Å². The summed E-state index contributed by atoms with van der Waals surface area (Å²) in [5, 5.41) is 16.5. The van der Waals surface area contributed by atoms with Gasteiger partial charge < -0.3 is 43.0 Å². The van der Waals surface area contributed by atoms with Crippen molar-refractivity contribution >= 4 is 0 Å². The summed E-state index contributed by atoms with van der Waals surface area (Å²) in [5.41, 5.74) is 0. The van der Waals surface area contributed by atoms with Gasteiger partial charge in [0, 0.05) is 26.4 Å². The number of unbranched alkanes of at least 4 members (excludes halogenated alkanes) is 4. The molecule has 0 spiro atoms. The number of rotatable bonds is 18. The zero-order valence-electron chi connectivity index (χ0n) is 21.6. The Hall–Kier alpha value is 0.274. The first kappa shape index (κ1) is 42.4. The number of hydrogen-bond donors (Lipinski definition) is 2. The fraction of sp³-hybridized carbons (Fsp3) is 0.917. The molecular formula is C24H54O7Ti. The summed E-state index contributed by atoms with van der Waals surface area (Å²) in [6, 6.07) is 0. The van der Waals surface area contributed by atoms with Gasteiger partial charge in [-0.1, -0.05) is 66.6 Å². The number of hydrogen-bond acceptors (Lipinski definition) is 7. The van der Waals surface area contributed by atoms with Gasteiger partial charge >= 0.3 is 23.7 Å². The van der Waals surface area contributed by atoms with Gasteiger partial charge in [0.2, 0.25) is 0 Å². The van der Waals surface area contributed by atoms with Crippen molar-refractivity contribution in [3.8, 4) is 0 Å². The van der Waals surface area contributed by atoms with Crippen LogP contribution in [0.2, 0.25) is 0 Å². The third kappa shape index (κ3) is 77.7. The van der Waals surface area contributed by atoms with Gasteiger partial charge in [-0.25, -0.2) is 0 Å². The second kappa shape index (κ2) is 57.8. The van der Waals surface area contributed by atoms with E-state index in [1.807, 2.05) is 0 Å². The fourth-order valence-corrected chi connectivity index (χ4v) is 1.52. The quantitative estimate of drug-likeness (QED) is 0.159. The zero-order valence-corrected chi connectivity index (χ0v) is 23.1. The van der Waals surface area contributed by atoms with Crippen LogP contribution >= 0.6 is 0 Å². The first-order chi connectivity index (χ1) is 15.7. The van der Waals surface area contributed by atoms with Crippen LogP contribution in [0.3, 0.4) is 0 Å². The first-order valence-electron chi connectivity index (χ1n) is 12.0. The Balaban J connectivity index is -0.0000000987. The second-order valence-electron chi connectivity index (χ2n) is 6.31. The minimum atomic E-state index is 0.143. The van der Waals surface area contributed by atoms with Crippen molar-refractivity contribution in [3.63, 3.8) is 0 Å². The molecule has 0 aliphatic carbocycles. The molecule has 32 heavy (non-hydrogen) atoms. The molecule has 0 unspecified atom stereocenters. The van der Waals surface area contributed by atoms with Gasteiger partial charge in [0.15, 0.2) is 0 Å². The predicted octanol–water partition coefficient (Wildman–Crippen LogP) is 4.74. The van der Waals surface area contributed by atoms with Crippen molar-refractivity contribution in [3.05, 3.63) is 13.8 Å². The standard InChI is InChI=1S/2C6H14O2.2C6H13O.O.Ti/c2*1-2-3-5-8-6-4-7;2*1-3-5-6-7-4-2;;/h2*7H,2-6H2,1H3;2*2-6H2,1H3;;/q;;2*-1;;+2. The molecule has 0 bridgehead atoms. The Morgan fingerprint density at radius 3 is 0.969 bits per heavy atom. The molecule has 0 aliphatic rings. The minimum absolute atomic E-state index is 0.143. The van der Waals surface area contributed by atoms with E-state index in [1.54, 1.807) is 0 Å². The maximum atomic E-state index is 8.25. The Labute approximate surface area is 211 Å². The topological polar surface area (TPSA) is 94.5 Å². The van der Waals surface area contributed by atoms with E-state index in [9.17, 15) is 0 Å². The van der Waals surface area contributed by atoms with E-state index in [1.165, 1.54) is 12.8 Å². The molecule has 0 saturated heterocycles. The molecule has 196 valence electrons. The Morgan fingerprint density at radius 1 is 0.531 bits per heavy atom. The van der Waals surface area contributed by atoms with E-state index in [4.69, 9.17) is 32.5 Å². The monoisotopic (exact) mass is 502 g/mol. The molecular weight excluding hydrogens is 448 g/mol. The molecule has 0 saturated carbocycles. The van der Waals surface area contributed by atoms with Crippen molar-refractivity contribution in [2.24, 2.45) is 0 Å². The van der Waals surface area contributed by atoms with Crippen molar-refractivity contribution in [1.29, 1.82) is 0 Å². The molecule has 0 aromatic carbocycles. The molecule has 7 nitrogen and oxygen atoms in total. The summed E-state index contributed by atoms with van der Waals surface area (Å²) in [6.45, 7) is 21.4. The van der Waals surface area contributed by atoms with Crippen LogP contribution in [-0.4, -0.2) is 76.3 Å². The summed E-state index contributed by atoms with van der Waals surface area (Å²) >= 11 is 0.750. The van der Waals surface area contributed by atoms with Crippen LogP contribution in [0, 0.1) is 13.8 Å². The van der Waals surface area contributed by atoms with E-state index >= 15 is 0 Å². The fourth-order valence-electron chi connectivity index (χ4n) is 1.52. The van der Waals surface area contributed by atoms with Gasteiger partial charge in [0.1, 0.15) is 0 Å². The molecule has 0 radical (unpaired) electrons. The first-order valence-corrected chi connectivity index (χ1v) is 12.6. The van der Waals surface area contributed by atoms with Gasteiger partial charge in [0.05, 0.1) is 26.4 Å². The van der Waals surface area contributed by atoms with Crippen LogP contribution in [-0.2, 0) is 42.7 Å². The summed E-state index contributed by atoms with van der Waals surface area (Å²) < 4.78 is 28.1. The summed E-state index contributed by atoms with van der Waals surface area (Å²) in [4.78, 5) is 0. The molecule has 0 heterocycles. The SMILES string of the molecule is CCCCOCCO.CCCCOCCO.[CH2-]COCCCC.[CH2-]COCCCC.[O]=[Ti+2]. The molecule has 0 fully saturated rings. The van der Waals surface area contributed by atoms with Crippen LogP contribution in [0.5, 0.6) is 0 Å². The Kier molecular flexibility index (Phi) is 76.6. The van der Waals surface area contributed by atoms with Crippen LogP contribution in [0.1, 0.15) is 79.1 Å². The molecule has 0 aromatic rings. The average Bonchev–Trinajstić information content (AvgIpc) is 2.83. The number of aliphatic hydroxyl groups excluding tert-OH is 2. The summed E-state index contributed by atoms with van der Waals surface area (Å²) in [6.07, 6.45) is 9.25. The van der Waals surface area contributed by atoms with Crippen molar-refractivity contribution in [2.75, 3.05) is 66.1 Å². The normalized spacial score (nSPS) is 9.19. The third-order valence-electron chi connectivity index (χ3n) is 3.33. The zero-order chi connectivity index (χ0) is 25.6. The average molecular weight is 503 g/mol. The van der Waals surface area contributed by atoms with E-state index in [2.05, 4.69) is 41.5 Å². The molecule has 0 atom stereocenters. The molecule has 0 rings (SSSR count). The number of ether oxygens (including phenoxy) is 4. The van der Waals surface area contributed by atoms with E-state index < -0.39 is 0 Å². The van der Waals surface area contributed by atoms with Gasteiger partial charge in [-0.05, 0) is 25.7 Å². The Morgan fingerprint density at radius 2 is 0.781 bits per heavy atom. The van der Waals surface area contributed by atoms with Gasteiger partial charge in [0.25, 0.3) is 0 Å². The van der Waals surface area contributed by atoms with Gasteiger partial charge in [-0.15, -0.1) is 0 Å². The third-order valence-corrected chi connectivity index (χ3v) is 3.33. The maximum absolute atomic E-state index is 8.25. The van der Waals surface area contributed by atoms with Crippen LogP contribution in [0.25, 0.3) is 0 Å². The molecule has 0 aliphatic heterocycles. The molecule has 8 heteroatoms. The molecule has 0 amide bonds. The van der Waals surface area contributed by atoms with Crippen LogP contribution in [0.15, 0.2) is 0 Å². The number of aliphatic hydroxyl groups is 2. The van der Waals surface area contributed by atoms with Crippen molar-refractivity contribution < 1.29 is 52.9 Å². The van der Waals surface area contributed by atoms with E-state index in [0.717, 1.165) is 85.4 Å². The summed E-state index contributed by atoms with van der Waals surface area (Å²) in [7, 11) is 0. The van der Waals surface area contributed by atoms with Crippen LogP contribution in [0.4, 0.5) is 0 Å². The van der Waals surface area contributed by atoms with Crippen molar-refractivity contribution in [1.82, 2.24) is 0 Å². The summed E-state index contributed by atoms with van der Waals surface area (Å²) in [5.74, 6) is 0. The second-order valence-corrected chi connectivity index (χ2v) is 6.31. The molecule has 0 aromatic heterocycles. The molecule has 2 N–H and O–H groups in total.